The summed E-state index contributed by atoms with van der Waals surface area (Å²) in [5.41, 5.74) is 1.73. The number of rotatable bonds is 5. The lowest BCUT2D eigenvalue weighted by atomic mass is 10.2. The zero-order chi connectivity index (χ0) is 21.9. The number of nitrogens with one attached hydrogen (secondary N) is 2. The van der Waals surface area contributed by atoms with E-state index >= 15 is 0 Å². The van der Waals surface area contributed by atoms with Gasteiger partial charge in [-0.1, -0.05) is 30.3 Å². The smallest absolute Gasteiger partial charge is 0.261 e. The highest BCUT2D eigenvalue weighted by atomic mass is 16.5. The molecule has 0 spiro atoms. The van der Waals surface area contributed by atoms with E-state index in [4.69, 9.17) is 4.74 Å². The third kappa shape index (κ3) is 3.72. The maximum Gasteiger partial charge on any atom is 0.261 e. The van der Waals surface area contributed by atoms with Crippen LogP contribution < -0.4 is 15.6 Å². The topological polar surface area (TPSA) is 102 Å². The zero-order valence-corrected chi connectivity index (χ0v) is 16.7. The largest absolute Gasteiger partial charge is 0.457 e. The van der Waals surface area contributed by atoms with E-state index in [1.807, 2.05) is 42.5 Å². The van der Waals surface area contributed by atoms with E-state index in [-0.39, 0.29) is 11.5 Å². The van der Waals surface area contributed by atoms with Gasteiger partial charge in [-0.25, -0.2) is 9.67 Å². The number of para-hydroxylation sites is 3. The number of H-pyrrole nitrogens is 1. The van der Waals surface area contributed by atoms with Gasteiger partial charge in [0.05, 0.1) is 23.9 Å². The van der Waals surface area contributed by atoms with Crippen molar-refractivity contribution in [3.05, 3.63) is 107 Å². The van der Waals surface area contributed by atoms with Gasteiger partial charge in [-0.15, -0.1) is 0 Å². The molecule has 0 saturated carbocycles. The van der Waals surface area contributed by atoms with Crippen molar-refractivity contribution in [3.63, 3.8) is 0 Å². The van der Waals surface area contributed by atoms with Gasteiger partial charge in [0.1, 0.15) is 16.9 Å². The van der Waals surface area contributed by atoms with Gasteiger partial charge < -0.3 is 15.0 Å². The lowest BCUT2D eigenvalue weighted by Gasteiger charge is -2.12. The van der Waals surface area contributed by atoms with Crippen LogP contribution in [0.4, 0.5) is 5.69 Å². The number of nitrogens with zero attached hydrogens (tertiary/aromatic N) is 3. The minimum atomic E-state index is -0.286. The molecule has 0 saturated heterocycles. The molecule has 0 aliphatic heterocycles. The molecule has 8 heteroatoms. The van der Waals surface area contributed by atoms with Gasteiger partial charge in [0, 0.05) is 5.56 Å². The zero-order valence-electron chi connectivity index (χ0n) is 16.7. The molecule has 0 bridgehead atoms. The van der Waals surface area contributed by atoms with Crippen LogP contribution in [0.3, 0.4) is 0 Å². The lowest BCUT2D eigenvalue weighted by molar-refractivity contribution is 0.102. The van der Waals surface area contributed by atoms with Crippen molar-refractivity contribution >= 4 is 22.6 Å². The van der Waals surface area contributed by atoms with Crippen LogP contribution in [-0.4, -0.2) is 25.7 Å². The summed E-state index contributed by atoms with van der Waals surface area (Å²) in [6.45, 7) is 0. The Morgan fingerprint density at radius 1 is 0.906 bits per heavy atom. The van der Waals surface area contributed by atoms with Crippen LogP contribution in [0.2, 0.25) is 0 Å². The number of anilines is 1. The Balaban J connectivity index is 1.39. The maximum absolute atomic E-state index is 12.9. The molecular formula is C24H17N5O3. The number of fused-ring (bicyclic) bond motifs is 1. The highest BCUT2D eigenvalue weighted by Gasteiger charge is 2.14. The molecule has 32 heavy (non-hydrogen) atoms. The maximum atomic E-state index is 12.9. The van der Waals surface area contributed by atoms with Crippen LogP contribution >= 0.6 is 0 Å². The number of hydrogen-bond donors (Lipinski definition) is 2. The summed E-state index contributed by atoms with van der Waals surface area (Å²) in [4.78, 5) is 31.6. The fraction of sp³-hybridized carbons (Fsp3) is 0. The van der Waals surface area contributed by atoms with Crippen LogP contribution in [0, 0.1) is 0 Å². The number of aromatic amines is 1. The minimum Gasteiger partial charge on any atom is -0.457 e. The van der Waals surface area contributed by atoms with E-state index in [1.54, 1.807) is 36.4 Å². The number of ether oxygens (including phenoxy) is 1. The molecule has 156 valence electrons. The predicted molar refractivity (Wildman–Crippen MR) is 120 cm³/mol. The normalized spacial score (nSPS) is 10.8. The first-order valence-corrected chi connectivity index (χ1v) is 9.84. The molecule has 1 amide bonds. The quantitative estimate of drug-likeness (QED) is 0.442. The first-order valence-electron chi connectivity index (χ1n) is 9.84. The second kappa shape index (κ2) is 8.19. The molecular weight excluding hydrogens is 406 g/mol. The van der Waals surface area contributed by atoms with Crippen LogP contribution in [-0.2, 0) is 0 Å². The van der Waals surface area contributed by atoms with E-state index in [0.717, 1.165) is 5.75 Å². The standard InChI is InChI=1S/C24H17N5O3/c30-23(16-10-12-18(13-11-16)32-17-6-2-1-3-7-17)28-20-8-4-5-9-21(20)29-22-19(14-27-29)24(31)26-15-25-22/h1-15H,(H,28,30)(H,25,26,31). The molecule has 5 rings (SSSR count). The SMILES string of the molecule is O=C(Nc1ccccc1-n1ncc2c(=O)[nH]cnc21)c1ccc(Oc2ccccc2)cc1. The first-order chi connectivity index (χ1) is 15.7. The Morgan fingerprint density at radius 2 is 1.62 bits per heavy atom. The fourth-order valence-electron chi connectivity index (χ4n) is 3.29. The average Bonchev–Trinajstić information content (AvgIpc) is 3.26. The lowest BCUT2D eigenvalue weighted by Crippen LogP contribution is -2.14. The van der Waals surface area contributed by atoms with Crippen molar-refractivity contribution in [2.24, 2.45) is 0 Å². The molecule has 2 aromatic heterocycles. The number of carbonyl (C=O) groups is 1. The van der Waals surface area contributed by atoms with Gasteiger partial charge in [-0.2, -0.15) is 5.10 Å². The molecule has 8 nitrogen and oxygen atoms in total. The molecule has 0 aliphatic carbocycles. The van der Waals surface area contributed by atoms with Gasteiger partial charge >= 0.3 is 0 Å². The molecule has 0 unspecified atom stereocenters. The van der Waals surface area contributed by atoms with Crippen LogP contribution in [0.5, 0.6) is 11.5 Å². The number of hydrogen-bond acceptors (Lipinski definition) is 5. The molecule has 3 aromatic carbocycles. The highest BCUT2D eigenvalue weighted by molar-refractivity contribution is 6.05. The second-order valence-corrected chi connectivity index (χ2v) is 6.94. The summed E-state index contributed by atoms with van der Waals surface area (Å²) in [6, 6.07) is 23.5. The third-order valence-corrected chi connectivity index (χ3v) is 4.85. The van der Waals surface area contributed by atoms with E-state index in [0.29, 0.717) is 33.7 Å². The van der Waals surface area contributed by atoms with Crippen molar-refractivity contribution in [3.8, 4) is 17.2 Å². The van der Waals surface area contributed by atoms with E-state index in [9.17, 15) is 9.59 Å². The molecule has 0 fully saturated rings. The molecule has 2 N–H and O–H groups in total. The van der Waals surface area contributed by atoms with Gasteiger partial charge in [-0.3, -0.25) is 9.59 Å². The van der Waals surface area contributed by atoms with Crippen molar-refractivity contribution in [2.75, 3.05) is 5.32 Å². The Labute approximate surface area is 182 Å². The number of amides is 1. The summed E-state index contributed by atoms with van der Waals surface area (Å²) in [5.74, 6) is 1.07. The van der Waals surface area contributed by atoms with Crippen molar-refractivity contribution in [2.45, 2.75) is 0 Å². The monoisotopic (exact) mass is 423 g/mol. The van der Waals surface area contributed by atoms with Gasteiger partial charge in [0.15, 0.2) is 5.65 Å². The van der Waals surface area contributed by atoms with Gasteiger partial charge in [-0.05, 0) is 48.5 Å². The molecule has 5 aromatic rings. The van der Waals surface area contributed by atoms with Crippen molar-refractivity contribution in [1.29, 1.82) is 0 Å². The number of aromatic nitrogens is 4. The van der Waals surface area contributed by atoms with Crippen molar-refractivity contribution < 1.29 is 9.53 Å². The predicted octanol–water partition coefficient (Wildman–Crippen LogP) is 4.15. The summed E-state index contributed by atoms with van der Waals surface area (Å²) in [6.07, 6.45) is 2.77. The van der Waals surface area contributed by atoms with E-state index in [1.165, 1.54) is 17.2 Å². The molecule has 0 atom stereocenters. The van der Waals surface area contributed by atoms with E-state index in [2.05, 4.69) is 20.4 Å². The summed E-state index contributed by atoms with van der Waals surface area (Å²) in [7, 11) is 0. The van der Waals surface area contributed by atoms with Crippen LogP contribution in [0.25, 0.3) is 16.7 Å². The van der Waals surface area contributed by atoms with Gasteiger partial charge in [0.2, 0.25) is 0 Å². The van der Waals surface area contributed by atoms with Crippen molar-refractivity contribution in [1.82, 2.24) is 19.7 Å². The Kier molecular flexibility index (Phi) is 4.93. The summed E-state index contributed by atoms with van der Waals surface area (Å²) >= 11 is 0. The second-order valence-electron chi connectivity index (χ2n) is 6.94. The highest BCUT2D eigenvalue weighted by Crippen LogP contribution is 2.24. The third-order valence-electron chi connectivity index (χ3n) is 4.85. The Hall–Kier alpha value is -4.72. The van der Waals surface area contributed by atoms with Crippen LogP contribution in [0.1, 0.15) is 10.4 Å². The summed E-state index contributed by atoms with van der Waals surface area (Å²) < 4.78 is 7.30. The van der Waals surface area contributed by atoms with Crippen LogP contribution in [0.15, 0.2) is 96.2 Å². The molecule has 0 aliphatic rings. The van der Waals surface area contributed by atoms with E-state index < -0.39 is 0 Å². The number of benzene rings is 3. The Bertz CT molecular complexity index is 1460. The molecule has 0 radical (unpaired) electrons. The fourth-order valence-corrected chi connectivity index (χ4v) is 3.29. The first kappa shape index (κ1) is 19.3. The van der Waals surface area contributed by atoms with Gasteiger partial charge in [0.25, 0.3) is 11.5 Å². The number of carbonyl (C=O) groups excluding carboxylic acids is 1. The Morgan fingerprint density at radius 3 is 2.44 bits per heavy atom. The molecule has 2 heterocycles. The minimum absolute atomic E-state index is 0.277. The average molecular weight is 423 g/mol. The summed E-state index contributed by atoms with van der Waals surface area (Å²) in [5, 5.41) is 7.56.